The van der Waals surface area contributed by atoms with Crippen LogP contribution in [0.1, 0.15) is 46.0 Å². The summed E-state index contributed by atoms with van der Waals surface area (Å²) >= 11 is 0. The molecular formula is C14H25NO4. The maximum atomic E-state index is 11.6. The van der Waals surface area contributed by atoms with Crippen molar-refractivity contribution in [3.8, 4) is 0 Å². The number of nitrogens with one attached hydrogen (secondary N) is 1. The number of hydrogen-bond donors (Lipinski definition) is 2. The van der Waals surface area contributed by atoms with Crippen LogP contribution in [-0.2, 0) is 14.3 Å². The highest BCUT2D eigenvalue weighted by molar-refractivity contribution is 5.76. The fourth-order valence-corrected chi connectivity index (χ4v) is 2.31. The van der Waals surface area contributed by atoms with Crippen molar-refractivity contribution in [3.05, 3.63) is 0 Å². The van der Waals surface area contributed by atoms with Gasteiger partial charge in [-0.3, -0.25) is 9.59 Å². The number of carbonyl (C=O) groups excluding carboxylic acids is 1. The van der Waals surface area contributed by atoms with E-state index in [9.17, 15) is 9.59 Å². The van der Waals surface area contributed by atoms with E-state index in [1.165, 1.54) is 0 Å². The van der Waals surface area contributed by atoms with E-state index in [1.54, 1.807) is 6.92 Å². The van der Waals surface area contributed by atoms with Crippen LogP contribution in [0.5, 0.6) is 0 Å². The normalized spacial score (nSPS) is 23.5. The van der Waals surface area contributed by atoms with E-state index in [1.807, 2.05) is 6.92 Å². The molecule has 1 unspecified atom stereocenters. The average molecular weight is 271 g/mol. The topological polar surface area (TPSA) is 75.6 Å². The monoisotopic (exact) mass is 271 g/mol. The number of carboxylic acids is 1. The Morgan fingerprint density at radius 3 is 2.68 bits per heavy atom. The molecule has 1 saturated carbocycles. The third kappa shape index (κ3) is 6.05. The Bertz CT molecular complexity index is 300. The summed E-state index contributed by atoms with van der Waals surface area (Å²) in [7, 11) is 0. The molecule has 110 valence electrons. The first-order chi connectivity index (χ1) is 9.02. The molecule has 19 heavy (non-hydrogen) atoms. The Balaban J connectivity index is 1.99. The van der Waals surface area contributed by atoms with Gasteiger partial charge >= 0.3 is 5.97 Å². The van der Waals surface area contributed by atoms with Gasteiger partial charge in [-0.2, -0.15) is 0 Å². The number of carbonyl (C=O) groups is 2. The second kappa shape index (κ2) is 8.15. The molecule has 0 saturated heterocycles. The van der Waals surface area contributed by atoms with Crippen molar-refractivity contribution in [1.82, 2.24) is 5.32 Å². The van der Waals surface area contributed by atoms with Crippen molar-refractivity contribution in [1.29, 1.82) is 0 Å². The van der Waals surface area contributed by atoms with Crippen molar-refractivity contribution in [3.63, 3.8) is 0 Å². The summed E-state index contributed by atoms with van der Waals surface area (Å²) in [6.45, 7) is 4.98. The largest absolute Gasteiger partial charge is 0.481 e. The van der Waals surface area contributed by atoms with Crippen LogP contribution in [0.2, 0.25) is 0 Å². The highest BCUT2D eigenvalue weighted by Crippen LogP contribution is 2.32. The van der Waals surface area contributed by atoms with Gasteiger partial charge < -0.3 is 15.2 Å². The molecule has 1 aliphatic rings. The molecule has 0 aliphatic heterocycles. The summed E-state index contributed by atoms with van der Waals surface area (Å²) in [6.07, 6.45) is 4.20. The second-order valence-electron chi connectivity index (χ2n) is 5.35. The zero-order chi connectivity index (χ0) is 14.3. The Labute approximate surface area is 114 Å². The SMILES string of the molecule is CCOC1CC(CC(=O)NCCCC(C)C(=O)O)C1. The molecule has 1 aliphatic carbocycles. The van der Waals surface area contributed by atoms with Gasteiger partial charge in [0.05, 0.1) is 12.0 Å². The van der Waals surface area contributed by atoms with Gasteiger partial charge in [0.1, 0.15) is 0 Å². The van der Waals surface area contributed by atoms with Crippen LogP contribution in [0.25, 0.3) is 0 Å². The Morgan fingerprint density at radius 1 is 1.42 bits per heavy atom. The van der Waals surface area contributed by atoms with Gasteiger partial charge in [-0.15, -0.1) is 0 Å². The lowest BCUT2D eigenvalue weighted by Gasteiger charge is -2.34. The van der Waals surface area contributed by atoms with Crippen molar-refractivity contribution in [2.24, 2.45) is 11.8 Å². The van der Waals surface area contributed by atoms with E-state index < -0.39 is 5.97 Å². The van der Waals surface area contributed by atoms with Gasteiger partial charge in [0.2, 0.25) is 5.91 Å². The summed E-state index contributed by atoms with van der Waals surface area (Å²) in [5, 5.41) is 11.6. The molecule has 5 nitrogen and oxygen atoms in total. The predicted octanol–water partition coefficient (Wildman–Crippen LogP) is 1.81. The molecule has 0 aromatic heterocycles. The van der Waals surface area contributed by atoms with E-state index >= 15 is 0 Å². The Kier molecular flexibility index (Phi) is 6.84. The fourth-order valence-electron chi connectivity index (χ4n) is 2.31. The number of amides is 1. The minimum atomic E-state index is -0.775. The van der Waals surface area contributed by atoms with Crippen LogP contribution in [0, 0.1) is 11.8 Å². The van der Waals surface area contributed by atoms with Crippen LogP contribution < -0.4 is 5.32 Å². The van der Waals surface area contributed by atoms with E-state index in [-0.39, 0.29) is 11.8 Å². The van der Waals surface area contributed by atoms with Crippen LogP contribution in [0.15, 0.2) is 0 Å². The quantitative estimate of drug-likeness (QED) is 0.627. The summed E-state index contributed by atoms with van der Waals surface area (Å²) in [5.74, 6) is -0.587. The van der Waals surface area contributed by atoms with Crippen LogP contribution >= 0.6 is 0 Å². The van der Waals surface area contributed by atoms with Gasteiger partial charge in [0.15, 0.2) is 0 Å². The molecular weight excluding hydrogens is 246 g/mol. The maximum absolute atomic E-state index is 11.6. The van der Waals surface area contributed by atoms with Gasteiger partial charge in [-0.05, 0) is 38.5 Å². The fraction of sp³-hybridized carbons (Fsp3) is 0.857. The average Bonchev–Trinajstić information content (AvgIpc) is 2.31. The summed E-state index contributed by atoms with van der Waals surface area (Å²) in [4.78, 5) is 22.2. The highest BCUT2D eigenvalue weighted by Gasteiger charge is 2.30. The minimum absolute atomic E-state index is 0.0722. The molecule has 1 atom stereocenters. The molecule has 0 spiro atoms. The smallest absolute Gasteiger partial charge is 0.306 e. The van der Waals surface area contributed by atoms with Crippen molar-refractivity contribution in [2.45, 2.75) is 52.1 Å². The van der Waals surface area contributed by atoms with E-state index in [4.69, 9.17) is 9.84 Å². The summed E-state index contributed by atoms with van der Waals surface area (Å²) in [5.41, 5.74) is 0. The van der Waals surface area contributed by atoms with Crippen LogP contribution in [0.3, 0.4) is 0 Å². The lowest BCUT2D eigenvalue weighted by atomic mass is 9.80. The number of ether oxygens (including phenoxy) is 1. The maximum Gasteiger partial charge on any atom is 0.306 e. The molecule has 2 N–H and O–H groups in total. The molecule has 1 fully saturated rings. The van der Waals surface area contributed by atoms with E-state index in [0.29, 0.717) is 37.8 Å². The standard InChI is InChI=1S/C14H25NO4/c1-3-19-12-7-11(8-12)9-13(16)15-6-4-5-10(2)14(17)18/h10-12H,3-9H2,1-2H3,(H,15,16)(H,17,18). The number of aliphatic carboxylic acids is 1. The zero-order valence-electron chi connectivity index (χ0n) is 11.9. The van der Waals surface area contributed by atoms with Crippen molar-refractivity contribution >= 4 is 11.9 Å². The lowest BCUT2D eigenvalue weighted by molar-refractivity contribution is -0.141. The molecule has 0 aromatic carbocycles. The molecule has 0 bridgehead atoms. The Hall–Kier alpha value is -1.10. The lowest BCUT2D eigenvalue weighted by Crippen LogP contribution is -2.36. The van der Waals surface area contributed by atoms with Gasteiger partial charge in [0, 0.05) is 19.6 Å². The molecule has 1 rings (SSSR count). The molecule has 5 heteroatoms. The minimum Gasteiger partial charge on any atom is -0.481 e. The Morgan fingerprint density at radius 2 is 2.11 bits per heavy atom. The van der Waals surface area contributed by atoms with Crippen LogP contribution in [0.4, 0.5) is 0 Å². The summed E-state index contributed by atoms with van der Waals surface area (Å²) < 4.78 is 5.45. The molecule has 0 radical (unpaired) electrons. The number of hydrogen-bond acceptors (Lipinski definition) is 3. The highest BCUT2D eigenvalue weighted by atomic mass is 16.5. The second-order valence-corrected chi connectivity index (χ2v) is 5.35. The van der Waals surface area contributed by atoms with Crippen LogP contribution in [-0.4, -0.2) is 36.2 Å². The number of rotatable bonds is 9. The van der Waals surface area contributed by atoms with E-state index in [2.05, 4.69) is 5.32 Å². The van der Waals surface area contributed by atoms with Gasteiger partial charge in [-0.1, -0.05) is 6.92 Å². The zero-order valence-corrected chi connectivity index (χ0v) is 11.9. The molecule has 0 aromatic rings. The molecule has 0 heterocycles. The van der Waals surface area contributed by atoms with Gasteiger partial charge in [-0.25, -0.2) is 0 Å². The summed E-state index contributed by atoms with van der Waals surface area (Å²) in [6, 6.07) is 0. The van der Waals surface area contributed by atoms with Gasteiger partial charge in [0.25, 0.3) is 0 Å². The third-order valence-corrected chi connectivity index (χ3v) is 3.63. The first kappa shape index (κ1) is 16.0. The first-order valence-electron chi connectivity index (χ1n) is 7.14. The van der Waals surface area contributed by atoms with Crippen molar-refractivity contribution < 1.29 is 19.4 Å². The first-order valence-corrected chi connectivity index (χ1v) is 7.14. The van der Waals surface area contributed by atoms with E-state index in [0.717, 1.165) is 19.4 Å². The predicted molar refractivity (Wildman–Crippen MR) is 71.8 cm³/mol. The third-order valence-electron chi connectivity index (χ3n) is 3.63. The molecule has 1 amide bonds. The van der Waals surface area contributed by atoms with Crippen molar-refractivity contribution in [2.75, 3.05) is 13.2 Å². The number of carboxylic acid groups (broad SMARTS) is 1.